The molecule has 1 aromatic heterocycles. The van der Waals surface area contributed by atoms with Crippen molar-refractivity contribution in [2.45, 2.75) is 12.8 Å². The molecule has 116 valence electrons. The molecule has 0 aliphatic carbocycles. The van der Waals surface area contributed by atoms with E-state index in [-0.39, 0.29) is 11.5 Å². The molecule has 3 aromatic rings. The number of hydrogen-bond acceptors (Lipinski definition) is 3. The zero-order chi connectivity index (χ0) is 16.1. The van der Waals surface area contributed by atoms with Crippen molar-refractivity contribution in [1.29, 1.82) is 0 Å². The largest absolute Gasteiger partial charge is 0.355 e. The van der Waals surface area contributed by atoms with Crippen molar-refractivity contribution in [3.05, 3.63) is 76.3 Å². The van der Waals surface area contributed by atoms with E-state index < -0.39 is 0 Å². The molecule has 0 atom stereocenters. The standard InChI is InChI=1S/C18H17N3O2/c22-17(12-13-6-2-1-3-7-13)19-11-10-16-20-15-9-5-4-8-14(15)18(23)21-16/h1-9H,10-12H2,(H,19,22)(H,20,21,23). The van der Waals surface area contributed by atoms with Crippen molar-refractivity contribution in [2.24, 2.45) is 0 Å². The summed E-state index contributed by atoms with van der Waals surface area (Å²) in [6.45, 7) is 0.437. The van der Waals surface area contributed by atoms with Crippen LogP contribution in [0.1, 0.15) is 11.4 Å². The zero-order valence-corrected chi connectivity index (χ0v) is 12.6. The fraction of sp³-hybridized carbons (Fsp3) is 0.167. The molecule has 0 unspecified atom stereocenters. The minimum absolute atomic E-state index is 0.0423. The molecule has 5 heteroatoms. The molecular weight excluding hydrogens is 290 g/mol. The smallest absolute Gasteiger partial charge is 0.258 e. The third kappa shape index (κ3) is 3.83. The summed E-state index contributed by atoms with van der Waals surface area (Å²) in [5.74, 6) is 0.535. The normalized spacial score (nSPS) is 10.6. The van der Waals surface area contributed by atoms with Crippen LogP contribution in [0, 0.1) is 0 Å². The number of carbonyl (C=O) groups excluding carboxylic acids is 1. The minimum atomic E-state index is -0.152. The van der Waals surface area contributed by atoms with Crippen LogP contribution in [0.15, 0.2) is 59.4 Å². The molecule has 2 aromatic carbocycles. The van der Waals surface area contributed by atoms with E-state index in [0.717, 1.165) is 5.56 Å². The van der Waals surface area contributed by atoms with E-state index in [1.54, 1.807) is 6.07 Å². The van der Waals surface area contributed by atoms with Gasteiger partial charge in [0.05, 0.1) is 17.3 Å². The number of aromatic nitrogens is 2. The van der Waals surface area contributed by atoms with Gasteiger partial charge in [0.2, 0.25) is 5.91 Å². The first kappa shape index (κ1) is 15.0. The summed E-state index contributed by atoms with van der Waals surface area (Å²) < 4.78 is 0. The van der Waals surface area contributed by atoms with Crippen molar-refractivity contribution < 1.29 is 4.79 Å². The molecule has 0 saturated heterocycles. The van der Waals surface area contributed by atoms with Gasteiger partial charge in [0.25, 0.3) is 5.56 Å². The Morgan fingerprint density at radius 2 is 1.78 bits per heavy atom. The third-order valence-corrected chi connectivity index (χ3v) is 3.55. The average Bonchev–Trinajstić information content (AvgIpc) is 2.56. The van der Waals surface area contributed by atoms with E-state index >= 15 is 0 Å². The summed E-state index contributed by atoms with van der Waals surface area (Å²) in [5.41, 5.74) is 1.49. The number of carbonyl (C=O) groups is 1. The highest BCUT2D eigenvalue weighted by Gasteiger charge is 2.05. The van der Waals surface area contributed by atoms with Crippen molar-refractivity contribution in [2.75, 3.05) is 6.54 Å². The number of para-hydroxylation sites is 1. The molecule has 0 saturated carbocycles. The van der Waals surface area contributed by atoms with Crippen LogP contribution >= 0.6 is 0 Å². The van der Waals surface area contributed by atoms with Gasteiger partial charge < -0.3 is 10.3 Å². The zero-order valence-electron chi connectivity index (χ0n) is 12.6. The van der Waals surface area contributed by atoms with Crippen LogP contribution in [0.25, 0.3) is 10.9 Å². The van der Waals surface area contributed by atoms with Gasteiger partial charge in [-0.1, -0.05) is 42.5 Å². The minimum Gasteiger partial charge on any atom is -0.355 e. The molecule has 2 N–H and O–H groups in total. The number of nitrogens with one attached hydrogen (secondary N) is 2. The van der Waals surface area contributed by atoms with E-state index in [1.165, 1.54) is 0 Å². The average molecular weight is 307 g/mol. The molecule has 1 amide bonds. The molecule has 0 bridgehead atoms. The molecule has 0 aliphatic rings. The summed E-state index contributed by atoms with van der Waals surface area (Å²) in [7, 11) is 0. The van der Waals surface area contributed by atoms with Crippen molar-refractivity contribution in [1.82, 2.24) is 15.3 Å². The summed E-state index contributed by atoms with van der Waals surface area (Å²) in [6, 6.07) is 16.8. The lowest BCUT2D eigenvalue weighted by Crippen LogP contribution is -2.28. The molecular formula is C18H17N3O2. The molecule has 5 nitrogen and oxygen atoms in total. The molecule has 1 heterocycles. The van der Waals surface area contributed by atoms with Crippen molar-refractivity contribution in [3.8, 4) is 0 Å². The summed E-state index contributed by atoms with van der Waals surface area (Å²) in [5, 5.41) is 3.42. The lowest BCUT2D eigenvalue weighted by Gasteiger charge is -2.06. The second kappa shape index (κ2) is 6.87. The lowest BCUT2D eigenvalue weighted by atomic mass is 10.1. The van der Waals surface area contributed by atoms with Crippen molar-refractivity contribution in [3.63, 3.8) is 0 Å². The van der Waals surface area contributed by atoms with E-state index in [4.69, 9.17) is 0 Å². The molecule has 23 heavy (non-hydrogen) atoms. The van der Waals surface area contributed by atoms with Gasteiger partial charge in [0.1, 0.15) is 5.82 Å². The van der Waals surface area contributed by atoms with Gasteiger partial charge in [0.15, 0.2) is 0 Å². The number of rotatable bonds is 5. The van der Waals surface area contributed by atoms with Crippen molar-refractivity contribution >= 4 is 16.8 Å². The van der Waals surface area contributed by atoms with E-state index in [1.807, 2.05) is 48.5 Å². The Hall–Kier alpha value is -2.95. The van der Waals surface area contributed by atoms with Gasteiger partial charge in [-0.25, -0.2) is 4.98 Å². The molecule has 0 aliphatic heterocycles. The first-order valence-electron chi connectivity index (χ1n) is 7.51. The van der Waals surface area contributed by atoms with Crippen LogP contribution in [0.3, 0.4) is 0 Å². The van der Waals surface area contributed by atoms with Crippen LogP contribution < -0.4 is 10.9 Å². The van der Waals surface area contributed by atoms with Gasteiger partial charge in [-0.2, -0.15) is 0 Å². The highest BCUT2D eigenvalue weighted by Crippen LogP contribution is 2.05. The van der Waals surface area contributed by atoms with Crippen LogP contribution in [0.5, 0.6) is 0 Å². The molecule has 0 fully saturated rings. The van der Waals surface area contributed by atoms with Crippen LogP contribution in [0.4, 0.5) is 0 Å². The number of H-pyrrole nitrogens is 1. The molecule has 3 rings (SSSR count). The Balaban J connectivity index is 1.58. The first-order chi connectivity index (χ1) is 11.2. The number of nitrogens with zero attached hydrogens (tertiary/aromatic N) is 1. The van der Waals surface area contributed by atoms with E-state index in [2.05, 4.69) is 15.3 Å². The Morgan fingerprint density at radius 1 is 1.04 bits per heavy atom. The quantitative estimate of drug-likeness (QED) is 0.755. The maximum absolute atomic E-state index is 12.0. The number of fused-ring (bicyclic) bond motifs is 1. The second-order valence-corrected chi connectivity index (χ2v) is 5.29. The van der Waals surface area contributed by atoms with Gasteiger partial charge in [0, 0.05) is 13.0 Å². The Bertz CT molecular complexity index is 872. The first-order valence-corrected chi connectivity index (χ1v) is 7.51. The summed E-state index contributed by atoms with van der Waals surface area (Å²) in [4.78, 5) is 31.0. The lowest BCUT2D eigenvalue weighted by molar-refractivity contribution is -0.120. The Labute approximate surface area is 133 Å². The van der Waals surface area contributed by atoms with E-state index in [9.17, 15) is 9.59 Å². The second-order valence-electron chi connectivity index (χ2n) is 5.29. The highest BCUT2D eigenvalue weighted by atomic mass is 16.1. The van der Waals surface area contributed by atoms with Crippen LogP contribution in [-0.2, 0) is 17.6 Å². The van der Waals surface area contributed by atoms with Gasteiger partial charge in [-0.3, -0.25) is 9.59 Å². The SMILES string of the molecule is O=C(Cc1ccccc1)NCCc1nc2ccccc2c(=O)[nH]1. The fourth-order valence-corrected chi connectivity index (χ4v) is 2.42. The van der Waals surface area contributed by atoms with Crippen LogP contribution in [-0.4, -0.2) is 22.4 Å². The topological polar surface area (TPSA) is 74.8 Å². The maximum Gasteiger partial charge on any atom is 0.258 e. The number of hydrogen-bond donors (Lipinski definition) is 2. The third-order valence-electron chi connectivity index (χ3n) is 3.55. The fourth-order valence-electron chi connectivity index (χ4n) is 2.42. The Morgan fingerprint density at radius 3 is 2.61 bits per heavy atom. The van der Waals surface area contributed by atoms with Crippen LogP contribution in [0.2, 0.25) is 0 Å². The highest BCUT2D eigenvalue weighted by molar-refractivity contribution is 5.78. The number of amides is 1. The Kier molecular flexibility index (Phi) is 4.47. The summed E-state index contributed by atoms with van der Waals surface area (Å²) in [6.07, 6.45) is 0.836. The number of aromatic amines is 1. The van der Waals surface area contributed by atoms with Gasteiger partial charge >= 0.3 is 0 Å². The molecule has 0 radical (unpaired) electrons. The van der Waals surface area contributed by atoms with Gasteiger partial charge in [-0.05, 0) is 17.7 Å². The predicted octanol–water partition coefficient (Wildman–Crippen LogP) is 1.82. The van der Waals surface area contributed by atoms with E-state index in [0.29, 0.717) is 36.1 Å². The predicted molar refractivity (Wildman–Crippen MR) is 89.2 cm³/mol. The molecule has 0 spiro atoms. The summed E-state index contributed by atoms with van der Waals surface area (Å²) >= 11 is 0. The monoisotopic (exact) mass is 307 g/mol. The maximum atomic E-state index is 12.0. The van der Waals surface area contributed by atoms with Gasteiger partial charge in [-0.15, -0.1) is 0 Å². The number of benzene rings is 2.